The van der Waals surface area contributed by atoms with Gasteiger partial charge in [-0.1, -0.05) is 48.5 Å². The third kappa shape index (κ3) is 2.45. The minimum Gasteiger partial charge on any atom is -0.289 e. The first-order valence-corrected chi connectivity index (χ1v) is 11.6. The molecule has 6 nitrogen and oxygen atoms in total. The van der Waals surface area contributed by atoms with Crippen LogP contribution in [0.2, 0.25) is 0 Å². The molecule has 0 aliphatic carbocycles. The van der Waals surface area contributed by atoms with E-state index in [-0.39, 0.29) is 21.7 Å². The second-order valence-electron chi connectivity index (χ2n) is 9.39. The molecule has 0 spiro atoms. The average Bonchev–Trinajstić information content (AvgIpc) is 2.88. The Morgan fingerprint density at radius 2 is 0.778 bits per heavy atom. The highest BCUT2D eigenvalue weighted by molar-refractivity contribution is 6.12. The number of hydrogen-bond acceptors (Lipinski definition) is 4. The Balaban J connectivity index is 1.77. The molecular formula is C30H18N2O4+2. The number of benzene rings is 6. The van der Waals surface area contributed by atoms with E-state index < -0.39 is 0 Å². The average molecular weight is 470 g/mol. The Hall–Kier alpha value is -4.84. The molecule has 0 aliphatic rings. The Bertz CT molecular complexity index is 2200. The van der Waals surface area contributed by atoms with Crippen molar-refractivity contribution >= 4 is 65.2 Å². The smallest absolute Gasteiger partial charge is 0.288 e. The summed E-state index contributed by atoms with van der Waals surface area (Å²) in [4.78, 5) is 60.6. The van der Waals surface area contributed by atoms with Gasteiger partial charge in [-0.25, -0.2) is 0 Å². The number of rotatable bonds is 0. The number of aromatic nitrogens is 2. The van der Waals surface area contributed by atoms with Crippen LogP contribution in [-0.2, 0) is 0 Å². The molecule has 1 aromatic heterocycles. The molecule has 6 heteroatoms. The summed E-state index contributed by atoms with van der Waals surface area (Å²) in [5.41, 5.74) is 2.61. The molecule has 0 unspecified atom stereocenters. The van der Waals surface area contributed by atoms with Crippen molar-refractivity contribution in [1.82, 2.24) is 0 Å². The van der Waals surface area contributed by atoms with Gasteiger partial charge in [0.05, 0.1) is 0 Å². The zero-order valence-electron chi connectivity index (χ0n) is 19.4. The first-order valence-electron chi connectivity index (χ1n) is 11.6. The van der Waals surface area contributed by atoms with Gasteiger partial charge in [-0.3, -0.25) is 19.2 Å². The number of aryl methyl sites for hydroxylation is 2. The number of aromatic amines is 2. The maximum Gasteiger partial charge on any atom is 0.288 e. The van der Waals surface area contributed by atoms with Crippen LogP contribution in [0.1, 0.15) is 11.1 Å². The normalized spacial score (nSPS) is 12.1. The quantitative estimate of drug-likeness (QED) is 0.251. The van der Waals surface area contributed by atoms with Crippen LogP contribution < -0.4 is 31.7 Å². The van der Waals surface area contributed by atoms with Crippen LogP contribution in [0.3, 0.4) is 0 Å². The maximum atomic E-state index is 13.6. The van der Waals surface area contributed by atoms with E-state index in [2.05, 4.69) is 9.97 Å². The minimum absolute atomic E-state index is 0.188. The van der Waals surface area contributed by atoms with Crippen LogP contribution in [0.25, 0.3) is 65.2 Å². The van der Waals surface area contributed by atoms with Gasteiger partial charge in [0.25, 0.3) is 22.1 Å². The summed E-state index contributed by atoms with van der Waals surface area (Å²) < 4.78 is 0. The lowest BCUT2D eigenvalue weighted by molar-refractivity contribution is -0.359. The van der Waals surface area contributed by atoms with Gasteiger partial charge < -0.3 is 0 Å². The minimum atomic E-state index is -0.229. The predicted octanol–water partition coefficient (Wildman–Crippen LogP) is 3.17. The summed E-state index contributed by atoms with van der Waals surface area (Å²) in [6.07, 6.45) is 0. The lowest BCUT2D eigenvalue weighted by Crippen LogP contribution is -2.24. The summed E-state index contributed by atoms with van der Waals surface area (Å²) in [5.74, 6) is 0. The molecule has 170 valence electrons. The molecule has 0 atom stereocenters. The van der Waals surface area contributed by atoms with Crippen molar-refractivity contribution in [2.24, 2.45) is 0 Å². The van der Waals surface area contributed by atoms with Crippen LogP contribution in [0.5, 0.6) is 0 Å². The Morgan fingerprint density at radius 3 is 1.11 bits per heavy atom. The summed E-state index contributed by atoms with van der Waals surface area (Å²) in [6.45, 7) is 3.59. The molecule has 0 radical (unpaired) electrons. The second kappa shape index (κ2) is 6.86. The monoisotopic (exact) mass is 470 g/mol. The standard InChI is InChI=1S/C30H16N2O4/c1-13-11-19-25(23-21(13)27(33)15-7-3-5-9-17(15)29(23)35)32-20-12-14(2)22-24(26(20)31-19)30(36)18-10-6-4-8-16(18)28(22)34/h3-12H,1-2H3/p+2. The van der Waals surface area contributed by atoms with Crippen LogP contribution in [-0.4, -0.2) is 0 Å². The highest BCUT2D eigenvalue weighted by Gasteiger charge is 2.27. The third-order valence-electron chi connectivity index (χ3n) is 7.31. The van der Waals surface area contributed by atoms with Crippen molar-refractivity contribution in [3.8, 4) is 0 Å². The summed E-state index contributed by atoms with van der Waals surface area (Å²) >= 11 is 0. The highest BCUT2D eigenvalue weighted by atomic mass is 16.1. The predicted molar refractivity (Wildman–Crippen MR) is 142 cm³/mol. The molecule has 6 aromatic carbocycles. The van der Waals surface area contributed by atoms with E-state index in [4.69, 9.17) is 0 Å². The molecule has 0 aliphatic heterocycles. The van der Waals surface area contributed by atoms with Crippen molar-refractivity contribution in [3.63, 3.8) is 0 Å². The third-order valence-corrected chi connectivity index (χ3v) is 7.31. The van der Waals surface area contributed by atoms with Gasteiger partial charge in [0, 0.05) is 44.5 Å². The van der Waals surface area contributed by atoms with Crippen LogP contribution in [0.4, 0.5) is 0 Å². The van der Waals surface area contributed by atoms with E-state index >= 15 is 0 Å². The Kier molecular flexibility index (Phi) is 3.91. The van der Waals surface area contributed by atoms with Gasteiger partial charge in [0.2, 0.25) is 10.9 Å². The van der Waals surface area contributed by atoms with E-state index in [9.17, 15) is 19.2 Å². The van der Waals surface area contributed by atoms with Crippen LogP contribution in [0, 0.1) is 13.8 Å². The lowest BCUT2D eigenvalue weighted by atomic mass is 9.96. The summed E-state index contributed by atoms with van der Waals surface area (Å²) in [6, 6.07) is 17.3. The first kappa shape index (κ1) is 20.5. The van der Waals surface area contributed by atoms with Gasteiger partial charge in [-0.05, 0) is 25.0 Å². The molecule has 0 amide bonds. The second-order valence-corrected chi connectivity index (χ2v) is 9.39. The van der Waals surface area contributed by atoms with E-state index in [1.165, 1.54) is 0 Å². The first-order chi connectivity index (χ1) is 17.4. The molecule has 0 saturated carbocycles. The van der Waals surface area contributed by atoms with Crippen molar-refractivity contribution < 1.29 is 9.97 Å². The summed E-state index contributed by atoms with van der Waals surface area (Å²) in [7, 11) is 0. The Labute approximate surface area is 201 Å². The number of fused-ring (bicyclic) bond motifs is 8. The number of H-pyrrole nitrogens is 2. The molecule has 0 bridgehead atoms. The molecule has 36 heavy (non-hydrogen) atoms. The zero-order chi connectivity index (χ0) is 24.9. The van der Waals surface area contributed by atoms with Crippen molar-refractivity contribution in [2.45, 2.75) is 13.8 Å². The van der Waals surface area contributed by atoms with Crippen LogP contribution in [0.15, 0.2) is 79.8 Å². The highest BCUT2D eigenvalue weighted by Crippen LogP contribution is 2.26. The largest absolute Gasteiger partial charge is 0.289 e. The van der Waals surface area contributed by atoms with Gasteiger partial charge in [0.15, 0.2) is 10.9 Å². The molecule has 0 saturated heterocycles. The topological polar surface area (TPSA) is 96.6 Å². The molecule has 2 N–H and O–H groups in total. The van der Waals surface area contributed by atoms with Gasteiger partial charge in [-0.2, -0.15) is 9.97 Å². The number of hydrogen-bond donors (Lipinski definition) is 0. The van der Waals surface area contributed by atoms with E-state index in [0.29, 0.717) is 76.3 Å². The number of nitrogens with one attached hydrogen (secondary N) is 2. The fourth-order valence-corrected chi connectivity index (χ4v) is 5.70. The van der Waals surface area contributed by atoms with E-state index in [1.807, 2.05) is 0 Å². The maximum absolute atomic E-state index is 13.6. The molecule has 1 heterocycles. The van der Waals surface area contributed by atoms with Crippen molar-refractivity contribution in [2.75, 3.05) is 0 Å². The van der Waals surface area contributed by atoms with Gasteiger partial charge in [0.1, 0.15) is 10.8 Å². The fraction of sp³-hybridized carbons (Fsp3) is 0.0667. The van der Waals surface area contributed by atoms with E-state index in [0.717, 1.165) is 0 Å². The summed E-state index contributed by atoms with van der Waals surface area (Å²) in [5, 5.41) is 2.92. The van der Waals surface area contributed by atoms with Gasteiger partial charge in [-0.15, -0.1) is 0 Å². The molecule has 7 aromatic rings. The molecule has 0 fully saturated rings. The SMILES string of the molecule is Cc1cc2[nH+]c3c(cc(C)c4c(=O)c5ccccc5c(=O)c43)[nH+]c2c2c(=O)c3ccccc3c(=O)c12. The zero-order valence-corrected chi connectivity index (χ0v) is 19.4. The fourth-order valence-electron chi connectivity index (χ4n) is 5.70. The van der Waals surface area contributed by atoms with Crippen LogP contribution >= 0.6 is 0 Å². The van der Waals surface area contributed by atoms with Gasteiger partial charge >= 0.3 is 0 Å². The van der Waals surface area contributed by atoms with Crippen molar-refractivity contribution in [3.05, 3.63) is 113 Å². The molecular weight excluding hydrogens is 452 g/mol. The van der Waals surface area contributed by atoms with Crippen molar-refractivity contribution in [1.29, 1.82) is 0 Å². The molecule has 7 rings (SSSR count). The van der Waals surface area contributed by atoms with E-state index in [1.54, 1.807) is 74.5 Å². The Morgan fingerprint density at radius 1 is 0.472 bits per heavy atom. The lowest BCUT2D eigenvalue weighted by Gasteiger charge is -2.05.